The summed E-state index contributed by atoms with van der Waals surface area (Å²) in [4.78, 5) is 13.2. The number of benzene rings is 1. The van der Waals surface area contributed by atoms with E-state index in [0.717, 1.165) is 29.8 Å². The third-order valence-electron chi connectivity index (χ3n) is 5.38. The molecule has 0 aliphatic heterocycles. The molecule has 0 unspecified atom stereocenters. The first kappa shape index (κ1) is 18.5. The molecule has 0 amide bonds. The Morgan fingerprint density at radius 2 is 2.07 bits per heavy atom. The molecule has 154 valence electrons. The number of nitrogens with zero attached hydrogens (tertiary/aromatic N) is 4. The topological polar surface area (TPSA) is 98.2 Å². The summed E-state index contributed by atoms with van der Waals surface area (Å²) < 4.78 is 13.3. The molecule has 3 aromatic heterocycles. The molecule has 30 heavy (non-hydrogen) atoms. The molecule has 4 aromatic rings. The summed E-state index contributed by atoms with van der Waals surface area (Å²) in [5, 5.41) is 13.4. The van der Waals surface area contributed by atoms with Crippen molar-refractivity contribution in [2.75, 3.05) is 5.32 Å². The highest BCUT2D eigenvalue weighted by atomic mass is 16.5. The number of nitrogens with one attached hydrogen (secondary N) is 1. The highest BCUT2D eigenvalue weighted by molar-refractivity contribution is 5.82. The van der Waals surface area contributed by atoms with E-state index < -0.39 is 0 Å². The van der Waals surface area contributed by atoms with Crippen LogP contribution in [-0.2, 0) is 13.1 Å². The average molecular weight is 405 g/mol. The van der Waals surface area contributed by atoms with Gasteiger partial charge in [-0.15, -0.1) is 0 Å². The molecular formula is C22H23N5O3. The molecular weight excluding hydrogens is 382 g/mol. The molecule has 8 nitrogen and oxygen atoms in total. The predicted octanol–water partition coefficient (Wildman–Crippen LogP) is 4.11. The van der Waals surface area contributed by atoms with Gasteiger partial charge < -0.3 is 24.1 Å². The molecule has 2 N–H and O–H groups in total. The van der Waals surface area contributed by atoms with Crippen molar-refractivity contribution in [2.24, 2.45) is 0 Å². The number of imidazole rings is 1. The van der Waals surface area contributed by atoms with Gasteiger partial charge in [-0.2, -0.15) is 0 Å². The van der Waals surface area contributed by atoms with Crippen molar-refractivity contribution < 1.29 is 14.3 Å². The van der Waals surface area contributed by atoms with Gasteiger partial charge in [0.15, 0.2) is 23.0 Å². The molecule has 1 fully saturated rings. The lowest BCUT2D eigenvalue weighted by atomic mass is 10.2. The van der Waals surface area contributed by atoms with Crippen molar-refractivity contribution in [3.05, 3.63) is 60.6 Å². The van der Waals surface area contributed by atoms with Gasteiger partial charge in [0.1, 0.15) is 17.6 Å². The van der Waals surface area contributed by atoms with E-state index in [2.05, 4.69) is 20.3 Å². The molecule has 0 bridgehead atoms. The molecule has 1 saturated carbocycles. The fourth-order valence-corrected chi connectivity index (χ4v) is 3.84. The van der Waals surface area contributed by atoms with E-state index in [4.69, 9.17) is 9.15 Å². The number of phenols is 1. The molecule has 8 heteroatoms. The maximum absolute atomic E-state index is 10.2. The van der Waals surface area contributed by atoms with Crippen LogP contribution in [0.4, 0.5) is 5.82 Å². The zero-order chi connectivity index (χ0) is 20.3. The van der Waals surface area contributed by atoms with Gasteiger partial charge in [0.05, 0.1) is 31.8 Å². The fraction of sp³-hybridized carbons (Fsp3) is 0.318. The summed E-state index contributed by atoms with van der Waals surface area (Å²) >= 11 is 0. The van der Waals surface area contributed by atoms with Crippen LogP contribution in [0.15, 0.2) is 53.7 Å². The number of phenolic OH excluding ortho intramolecular Hbond substituents is 1. The Balaban J connectivity index is 1.36. The van der Waals surface area contributed by atoms with E-state index in [9.17, 15) is 5.11 Å². The molecule has 0 radical (unpaired) electrons. The third kappa shape index (κ3) is 3.80. The van der Waals surface area contributed by atoms with Gasteiger partial charge in [0, 0.05) is 0 Å². The van der Waals surface area contributed by atoms with Crippen LogP contribution < -0.4 is 10.1 Å². The Morgan fingerprint density at radius 3 is 2.90 bits per heavy atom. The maximum Gasteiger partial charge on any atom is 0.165 e. The first-order valence-corrected chi connectivity index (χ1v) is 10.2. The van der Waals surface area contributed by atoms with E-state index >= 15 is 0 Å². The molecule has 1 aliphatic carbocycles. The predicted molar refractivity (Wildman–Crippen MR) is 111 cm³/mol. The fourth-order valence-electron chi connectivity index (χ4n) is 3.84. The quantitative estimate of drug-likeness (QED) is 0.477. The Bertz CT molecular complexity index is 1130. The maximum atomic E-state index is 10.2. The van der Waals surface area contributed by atoms with Gasteiger partial charge in [-0.25, -0.2) is 15.0 Å². The standard InChI is InChI=1S/C22H23N5O3/c28-18-8-7-15(10-19(18)30-16-4-1-2-5-16)12-27-14-26-20-21(24-13-25-22(20)27)23-11-17-6-3-9-29-17/h3,6-10,13-14,16,28H,1-2,4-5,11-12H2,(H,23,24,25). The number of anilines is 1. The average Bonchev–Trinajstić information content (AvgIpc) is 3.52. The number of hydrogen-bond donors (Lipinski definition) is 2. The normalized spacial score (nSPS) is 14.4. The zero-order valence-electron chi connectivity index (χ0n) is 16.5. The second kappa shape index (κ2) is 8.06. The van der Waals surface area contributed by atoms with Crippen LogP contribution in [0.2, 0.25) is 0 Å². The van der Waals surface area contributed by atoms with Crippen molar-refractivity contribution in [3.8, 4) is 11.5 Å². The van der Waals surface area contributed by atoms with Crippen LogP contribution in [0.5, 0.6) is 11.5 Å². The van der Waals surface area contributed by atoms with E-state index in [1.807, 2.05) is 28.8 Å². The summed E-state index contributed by atoms with van der Waals surface area (Å²) in [7, 11) is 0. The SMILES string of the molecule is Oc1ccc(Cn2cnc3c(NCc4ccco4)ncnc32)cc1OC1CCCC1. The second-order valence-corrected chi connectivity index (χ2v) is 7.53. The highest BCUT2D eigenvalue weighted by Gasteiger charge is 2.18. The summed E-state index contributed by atoms with van der Waals surface area (Å²) in [5.74, 6) is 2.19. The highest BCUT2D eigenvalue weighted by Crippen LogP contribution is 2.32. The van der Waals surface area contributed by atoms with Crippen LogP contribution in [0, 0.1) is 0 Å². The minimum absolute atomic E-state index is 0.174. The van der Waals surface area contributed by atoms with Crippen molar-refractivity contribution in [2.45, 2.75) is 44.9 Å². The molecule has 1 aliphatic rings. The first-order valence-electron chi connectivity index (χ1n) is 10.2. The minimum Gasteiger partial charge on any atom is -0.504 e. The third-order valence-corrected chi connectivity index (χ3v) is 5.38. The second-order valence-electron chi connectivity index (χ2n) is 7.53. The molecule has 0 atom stereocenters. The van der Waals surface area contributed by atoms with Gasteiger partial charge in [0.2, 0.25) is 0 Å². The van der Waals surface area contributed by atoms with Crippen LogP contribution in [0.3, 0.4) is 0 Å². The van der Waals surface area contributed by atoms with E-state index in [1.54, 1.807) is 18.7 Å². The lowest BCUT2D eigenvalue weighted by Gasteiger charge is -2.15. The van der Waals surface area contributed by atoms with Gasteiger partial charge >= 0.3 is 0 Å². The number of rotatable bonds is 7. The van der Waals surface area contributed by atoms with E-state index in [-0.39, 0.29) is 11.9 Å². The Morgan fingerprint density at radius 1 is 1.17 bits per heavy atom. The monoisotopic (exact) mass is 405 g/mol. The van der Waals surface area contributed by atoms with Crippen molar-refractivity contribution in [1.29, 1.82) is 0 Å². The lowest BCUT2D eigenvalue weighted by molar-refractivity contribution is 0.201. The molecule has 0 spiro atoms. The zero-order valence-corrected chi connectivity index (χ0v) is 16.5. The summed E-state index contributed by atoms with van der Waals surface area (Å²) in [6.07, 6.45) is 9.56. The van der Waals surface area contributed by atoms with Crippen LogP contribution in [0.25, 0.3) is 11.2 Å². The van der Waals surface area contributed by atoms with E-state index in [1.165, 1.54) is 19.2 Å². The first-order chi connectivity index (χ1) is 14.8. The van der Waals surface area contributed by atoms with Crippen LogP contribution >= 0.6 is 0 Å². The largest absolute Gasteiger partial charge is 0.504 e. The van der Waals surface area contributed by atoms with Crippen molar-refractivity contribution >= 4 is 17.0 Å². The van der Waals surface area contributed by atoms with Crippen molar-refractivity contribution in [1.82, 2.24) is 19.5 Å². The van der Waals surface area contributed by atoms with Gasteiger partial charge in [-0.3, -0.25) is 0 Å². The Labute approximate surface area is 173 Å². The van der Waals surface area contributed by atoms with E-state index in [0.29, 0.717) is 30.2 Å². The Hall–Kier alpha value is -3.55. The molecule has 3 heterocycles. The number of hydrogen-bond acceptors (Lipinski definition) is 7. The molecule has 5 rings (SSSR count). The van der Waals surface area contributed by atoms with Crippen LogP contribution in [-0.4, -0.2) is 30.7 Å². The van der Waals surface area contributed by atoms with Crippen LogP contribution in [0.1, 0.15) is 37.0 Å². The molecule has 0 saturated heterocycles. The Kier molecular flexibility index (Phi) is 4.96. The number of aromatic hydroxyl groups is 1. The van der Waals surface area contributed by atoms with Gasteiger partial charge in [0.25, 0.3) is 0 Å². The van der Waals surface area contributed by atoms with Gasteiger partial charge in [-0.1, -0.05) is 6.07 Å². The summed E-state index contributed by atoms with van der Waals surface area (Å²) in [5.41, 5.74) is 2.44. The number of ether oxygens (including phenoxy) is 1. The summed E-state index contributed by atoms with van der Waals surface area (Å²) in [6, 6.07) is 9.23. The number of fused-ring (bicyclic) bond motifs is 1. The minimum atomic E-state index is 0.174. The number of furan rings is 1. The number of aromatic nitrogens is 4. The smallest absolute Gasteiger partial charge is 0.165 e. The van der Waals surface area contributed by atoms with Crippen molar-refractivity contribution in [3.63, 3.8) is 0 Å². The van der Waals surface area contributed by atoms with Gasteiger partial charge in [-0.05, 0) is 55.5 Å². The summed E-state index contributed by atoms with van der Waals surface area (Å²) in [6.45, 7) is 1.08. The lowest BCUT2D eigenvalue weighted by Crippen LogP contribution is -2.11. The molecule has 1 aromatic carbocycles.